The van der Waals surface area contributed by atoms with E-state index in [2.05, 4.69) is 20.0 Å². The number of hydrogen-bond donors (Lipinski definition) is 0. The summed E-state index contributed by atoms with van der Waals surface area (Å²) in [4.78, 5) is 4.77. The van der Waals surface area contributed by atoms with Crippen LogP contribution >= 0.6 is 11.6 Å². The van der Waals surface area contributed by atoms with Crippen molar-refractivity contribution < 1.29 is 9.15 Å². The fraction of sp³-hybridized carbons (Fsp3) is 0.529. The highest BCUT2D eigenvalue weighted by atomic mass is 35.5. The molecular weight excluding hydrogens is 328 g/mol. The normalized spacial score (nSPS) is 16.4. The predicted molar refractivity (Wildman–Crippen MR) is 92.3 cm³/mol. The molecule has 0 saturated carbocycles. The van der Waals surface area contributed by atoms with Crippen molar-refractivity contribution in [3.8, 4) is 5.75 Å². The Morgan fingerprint density at radius 3 is 2.38 bits per heavy atom. The highest BCUT2D eigenvalue weighted by Crippen LogP contribution is 2.15. The number of ether oxygens (including phenoxy) is 1. The maximum atomic E-state index is 5.87. The summed E-state index contributed by atoms with van der Waals surface area (Å²) in [7, 11) is 0. The van der Waals surface area contributed by atoms with E-state index in [4.69, 9.17) is 20.8 Å². The van der Waals surface area contributed by atoms with E-state index < -0.39 is 0 Å². The zero-order chi connectivity index (χ0) is 16.8. The number of hydrogen-bond acceptors (Lipinski definition) is 6. The molecule has 1 aliphatic rings. The number of piperazine rings is 1. The van der Waals surface area contributed by atoms with Gasteiger partial charge in [-0.1, -0.05) is 18.5 Å². The fourth-order valence-corrected chi connectivity index (χ4v) is 2.81. The van der Waals surface area contributed by atoms with E-state index in [9.17, 15) is 0 Å². The second kappa shape index (κ2) is 8.46. The molecule has 3 rings (SSSR count). The molecule has 24 heavy (non-hydrogen) atoms. The third kappa shape index (κ3) is 4.93. The number of rotatable bonds is 7. The van der Waals surface area contributed by atoms with Crippen LogP contribution in [0.5, 0.6) is 5.75 Å². The SMILES string of the molecule is CCc1nnc(CN2CCN(CCOc3ccc(Cl)cc3)CC2)o1. The number of benzene rings is 1. The minimum Gasteiger partial charge on any atom is -0.492 e. The van der Waals surface area contributed by atoms with Gasteiger partial charge in [0.05, 0.1) is 6.54 Å². The molecule has 2 heterocycles. The average Bonchev–Trinajstić information content (AvgIpc) is 3.06. The first-order valence-corrected chi connectivity index (χ1v) is 8.75. The topological polar surface area (TPSA) is 54.6 Å². The molecule has 130 valence electrons. The van der Waals surface area contributed by atoms with E-state index >= 15 is 0 Å². The molecule has 2 aromatic rings. The zero-order valence-electron chi connectivity index (χ0n) is 13.9. The molecule has 7 heteroatoms. The second-order valence-corrected chi connectivity index (χ2v) is 6.30. The molecule has 1 saturated heterocycles. The number of nitrogens with zero attached hydrogens (tertiary/aromatic N) is 4. The summed E-state index contributed by atoms with van der Waals surface area (Å²) >= 11 is 5.87. The van der Waals surface area contributed by atoms with Gasteiger partial charge in [0.15, 0.2) is 0 Å². The Kier molecular flexibility index (Phi) is 6.07. The Labute approximate surface area is 147 Å². The maximum Gasteiger partial charge on any atom is 0.230 e. The minimum atomic E-state index is 0.686. The van der Waals surface area contributed by atoms with Crippen LogP contribution in [0.25, 0.3) is 0 Å². The van der Waals surface area contributed by atoms with E-state index in [1.54, 1.807) is 0 Å². The van der Waals surface area contributed by atoms with Crippen LogP contribution in [0.1, 0.15) is 18.7 Å². The van der Waals surface area contributed by atoms with Gasteiger partial charge < -0.3 is 9.15 Å². The first kappa shape index (κ1) is 17.2. The molecule has 1 aromatic carbocycles. The van der Waals surface area contributed by atoms with Crippen LogP contribution in [-0.2, 0) is 13.0 Å². The number of aromatic nitrogens is 2. The van der Waals surface area contributed by atoms with E-state index in [-0.39, 0.29) is 0 Å². The average molecular weight is 351 g/mol. The quantitative estimate of drug-likeness (QED) is 0.764. The molecule has 0 spiro atoms. The number of aryl methyl sites for hydroxylation is 1. The Morgan fingerprint density at radius 1 is 1.04 bits per heavy atom. The fourth-order valence-electron chi connectivity index (χ4n) is 2.68. The standard InChI is InChI=1S/C17H23ClN4O2/c1-2-16-19-20-17(24-16)13-22-9-7-21(8-10-22)11-12-23-15-5-3-14(18)4-6-15/h3-6H,2,7-13H2,1H3. The van der Waals surface area contributed by atoms with Gasteiger partial charge in [-0.3, -0.25) is 9.80 Å². The molecule has 1 aromatic heterocycles. The van der Waals surface area contributed by atoms with E-state index in [0.29, 0.717) is 18.4 Å². The molecule has 0 N–H and O–H groups in total. The first-order chi connectivity index (χ1) is 11.7. The zero-order valence-corrected chi connectivity index (χ0v) is 14.7. The van der Waals surface area contributed by atoms with Crippen LogP contribution < -0.4 is 4.74 Å². The second-order valence-electron chi connectivity index (χ2n) is 5.86. The van der Waals surface area contributed by atoms with Gasteiger partial charge in [-0.05, 0) is 24.3 Å². The summed E-state index contributed by atoms with van der Waals surface area (Å²) in [5.41, 5.74) is 0. The molecule has 0 aliphatic carbocycles. The monoisotopic (exact) mass is 350 g/mol. The summed E-state index contributed by atoms with van der Waals surface area (Å²) in [6.07, 6.45) is 0.786. The summed E-state index contributed by atoms with van der Waals surface area (Å²) in [5.74, 6) is 2.29. The molecule has 0 bridgehead atoms. The van der Waals surface area contributed by atoms with Crippen molar-refractivity contribution in [2.75, 3.05) is 39.3 Å². The Morgan fingerprint density at radius 2 is 1.71 bits per heavy atom. The highest BCUT2D eigenvalue weighted by molar-refractivity contribution is 6.30. The van der Waals surface area contributed by atoms with E-state index in [1.807, 2.05) is 31.2 Å². The first-order valence-electron chi connectivity index (χ1n) is 8.37. The van der Waals surface area contributed by atoms with Crippen molar-refractivity contribution in [1.82, 2.24) is 20.0 Å². The van der Waals surface area contributed by atoms with Crippen LogP contribution in [0.15, 0.2) is 28.7 Å². The van der Waals surface area contributed by atoms with Crippen molar-refractivity contribution in [3.63, 3.8) is 0 Å². The smallest absolute Gasteiger partial charge is 0.230 e. The van der Waals surface area contributed by atoms with Crippen LogP contribution in [0, 0.1) is 0 Å². The third-order valence-electron chi connectivity index (χ3n) is 4.12. The van der Waals surface area contributed by atoms with Gasteiger partial charge in [0.2, 0.25) is 11.8 Å². The number of halogens is 1. The van der Waals surface area contributed by atoms with Gasteiger partial charge in [0.25, 0.3) is 0 Å². The largest absolute Gasteiger partial charge is 0.492 e. The molecule has 6 nitrogen and oxygen atoms in total. The van der Waals surface area contributed by atoms with Crippen LogP contribution in [-0.4, -0.2) is 59.3 Å². The molecule has 1 aliphatic heterocycles. The van der Waals surface area contributed by atoms with E-state index in [1.165, 1.54) is 0 Å². The maximum absolute atomic E-state index is 5.87. The van der Waals surface area contributed by atoms with Crippen molar-refractivity contribution >= 4 is 11.6 Å². The predicted octanol–water partition coefficient (Wildman–Crippen LogP) is 2.48. The van der Waals surface area contributed by atoms with Gasteiger partial charge in [-0.2, -0.15) is 0 Å². The summed E-state index contributed by atoms with van der Waals surface area (Å²) in [5, 5.41) is 8.83. The third-order valence-corrected chi connectivity index (χ3v) is 4.38. The lowest BCUT2D eigenvalue weighted by atomic mass is 10.3. The lowest BCUT2D eigenvalue weighted by Gasteiger charge is -2.33. The van der Waals surface area contributed by atoms with Crippen molar-refractivity contribution in [1.29, 1.82) is 0 Å². The Bertz CT molecular complexity index is 624. The van der Waals surface area contributed by atoms with Crippen molar-refractivity contribution in [3.05, 3.63) is 41.1 Å². The van der Waals surface area contributed by atoms with Crippen molar-refractivity contribution in [2.24, 2.45) is 0 Å². The molecule has 0 atom stereocenters. The van der Waals surface area contributed by atoms with Gasteiger partial charge in [-0.15, -0.1) is 10.2 Å². The molecular formula is C17H23ClN4O2. The van der Waals surface area contributed by atoms with Gasteiger partial charge in [0.1, 0.15) is 12.4 Å². The lowest BCUT2D eigenvalue weighted by molar-refractivity contribution is 0.106. The summed E-state index contributed by atoms with van der Waals surface area (Å²) in [6, 6.07) is 7.48. The summed E-state index contributed by atoms with van der Waals surface area (Å²) in [6.45, 7) is 8.43. The molecule has 0 unspecified atom stereocenters. The molecule has 0 amide bonds. The lowest BCUT2D eigenvalue weighted by Crippen LogP contribution is -2.47. The Hall–Kier alpha value is -1.63. The van der Waals surface area contributed by atoms with Gasteiger partial charge in [-0.25, -0.2) is 0 Å². The van der Waals surface area contributed by atoms with Crippen LogP contribution in [0.4, 0.5) is 0 Å². The van der Waals surface area contributed by atoms with Crippen molar-refractivity contribution in [2.45, 2.75) is 19.9 Å². The molecule has 1 fully saturated rings. The van der Waals surface area contributed by atoms with Gasteiger partial charge in [0, 0.05) is 44.2 Å². The Balaban J connectivity index is 1.35. The summed E-state index contributed by atoms with van der Waals surface area (Å²) < 4.78 is 11.3. The minimum absolute atomic E-state index is 0.686. The van der Waals surface area contributed by atoms with E-state index in [0.717, 1.165) is 56.5 Å². The van der Waals surface area contributed by atoms with Gasteiger partial charge >= 0.3 is 0 Å². The molecule has 0 radical (unpaired) electrons. The highest BCUT2D eigenvalue weighted by Gasteiger charge is 2.18. The van der Waals surface area contributed by atoms with Crippen LogP contribution in [0.3, 0.4) is 0 Å². The van der Waals surface area contributed by atoms with Crippen LogP contribution in [0.2, 0.25) is 5.02 Å².